The number of rotatable bonds is 2. The predicted molar refractivity (Wildman–Crippen MR) is 68.9 cm³/mol. The molecule has 1 N–H and O–H groups in total. The van der Waals surface area contributed by atoms with Crippen LogP contribution in [0.3, 0.4) is 0 Å². The monoisotopic (exact) mass is 236 g/mol. The summed E-state index contributed by atoms with van der Waals surface area (Å²) in [7, 11) is 0. The number of aromatic nitrogens is 2. The first kappa shape index (κ1) is 12.6. The van der Waals surface area contributed by atoms with Crippen LogP contribution in [0.25, 0.3) is 0 Å². The third kappa shape index (κ3) is 2.39. The lowest BCUT2D eigenvalue weighted by atomic mass is 9.77. The molecule has 0 aliphatic heterocycles. The molecule has 1 heterocycles. The highest BCUT2D eigenvalue weighted by molar-refractivity contribution is 5.03. The van der Waals surface area contributed by atoms with Gasteiger partial charge in [0.2, 0.25) is 0 Å². The van der Waals surface area contributed by atoms with E-state index in [-0.39, 0.29) is 12.1 Å². The fourth-order valence-corrected chi connectivity index (χ4v) is 3.28. The predicted octanol–water partition coefficient (Wildman–Crippen LogP) is 2.97. The Morgan fingerprint density at radius 1 is 1.35 bits per heavy atom. The van der Waals surface area contributed by atoms with Gasteiger partial charge in [0.25, 0.3) is 0 Å². The van der Waals surface area contributed by atoms with Gasteiger partial charge in [-0.2, -0.15) is 0 Å². The smallest absolute Gasteiger partial charge is 0.111 e. The van der Waals surface area contributed by atoms with Crippen LogP contribution in [0, 0.1) is 11.8 Å². The molecule has 0 saturated heterocycles. The molecule has 1 aromatic rings. The molecule has 0 radical (unpaired) electrons. The largest absolute Gasteiger partial charge is 0.391 e. The van der Waals surface area contributed by atoms with Crippen molar-refractivity contribution in [2.45, 2.75) is 58.6 Å². The molecule has 4 unspecified atom stereocenters. The summed E-state index contributed by atoms with van der Waals surface area (Å²) in [5, 5.41) is 10.3. The Hall–Kier alpha value is -0.830. The van der Waals surface area contributed by atoms with Gasteiger partial charge in [-0.25, -0.2) is 4.98 Å². The summed E-state index contributed by atoms with van der Waals surface area (Å²) < 4.78 is 2.20. The molecule has 4 atom stereocenters. The van der Waals surface area contributed by atoms with Crippen LogP contribution in [0.1, 0.15) is 58.3 Å². The Bertz CT molecular complexity index is 360. The zero-order chi connectivity index (χ0) is 12.6. The minimum Gasteiger partial charge on any atom is -0.391 e. The summed E-state index contributed by atoms with van der Waals surface area (Å²) >= 11 is 0. The molecule has 17 heavy (non-hydrogen) atoms. The summed E-state index contributed by atoms with van der Waals surface area (Å²) in [5.74, 6) is 2.64. The lowest BCUT2D eigenvalue weighted by Gasteiger charge is -2.38. The molecular formula is C14H24N2O. The number of aliphatic hydroxyl groups excluding tert-OH is 1. The van der Waals surface area contributed by atoms with Gasteiger partial charge in [0.1, 0.15) is 5.82 Å². The van der Waals surface area contributed by atoms with Gasteiger partial charge in [0, 0.05) is 18.3 Å². The van der Waals surface area contributed by atoms with E-state index in [2.05, 4.69) is 37.2 Å². The van der Waals surface area contributed by atoms with Crippen LogP contribution < -0.4 is 0 Å². The van der Waals surface area contributed by atoms with E-state index in [0.29, 0.717) is 17.8 Å². The molecule has 0 bridgehead atoms. The zero-order valence-corrected chi connectivity index (χ0v) is 11.3. The molecule has 2 rings (SSSR count). The Morgan fingerprint density at radius 2 is 2.06 bits per heavy atom. The van der Waals surface area contributed by atoms with Crippen molar-refractivity contribution in [3.05, 3.63) is 18.2 Å². The topological polar surface area (TPSA) is 38.0 Å². The van der Waals surface area contributed by atoms with Crippen molar-refractivity contribution in [3.63, 3.8) is 0 Å². The van der Waals surface area contributed by atoms with E-state index in [0.717, 1.165) is 12.2 Å². The number of hydrogen-bond acceptors (Lipinski definition) is 2. The van der Waals surface area contributed by atoms with E-state index in [9.17, 15) is 5.11 Å². The van der Waals surface area contributed by atoms with Crippen molar-refractivity contribution < 1.29 is 5.11 Å². The van der Waals surface area contributed by atoms with Gasteiger partial charge in [0.15, 0.2) is 0 Å². The number of hydrogen-bond donors (Lipinski definition) is 1. The van der Waals surface area contributed by atoms with Gasteiger partial charge in [-0.05, 0) is 24.7 Å². The van der Waals surface area contributed by atoms with Crippen molar-refractivity contribution in [2.24, 2.45) is 11.8 Å². The number of aliphatic hydroxyl groups is 1. The molecule has 1 aromatic heterocycles. The molecule has 96 valence electrons. The second-order valence-electron chi connectivity index (χ2n) is 5.96. The average molecular weight is 236 g/mol. The first-order valence-electron chi connectivity index (χ1n) is 6.71. The number of nitrogens with zero attached hydrogens (tertiary/aromatic N) is 2. The minimum atomic E-state index is -0.236. The van der Waals surface area contributed by atoms with Crippen LogP contribution in [-0.2, 0) is 0 Å². The van der Waals surface area contributed by atoms with Crippen LogP contribution >= 0.6 is 0 Å². The normalized spacial score (nSPS) is 34.2. The second-order valence-corrected chi connectivity index (χ2v) is 5.96. The van der Waals surface area contributed by atoms with E-state index in [1.54, 1.807) is 0 Å². The zero-order valence-electron chi connectivity index (χ0n) is 11.3. The summed E-state index contributed by atoms with van der Waals surface area (Å²) in [6, 6.07) is 0.200. The van der Waals surface area contributed by atoms with Crippen molar-refractivity contribution in [2.75, 3.05) is 0 Å². The van der Waals surface area contributed by atoms with Crippen molar-refractivity contribution in [3.8, 4) is 0 Å². The van der Waals surface area contributed by atoms with Crippen molar-refractivity contribution in [1.29, 1.82) is 0 Å². The maximum absolute atomic E-state index is 10.3. The molecule has 1 aliphatic rings. The molecule has 1 saturated carbocycles. The Kier molecular flexibility index (Phi) is 3.57. The molecule has 1 aliphatic carbocycles. The molecule has 0 amide bonds. The maximum atomic E-state index is 10.3. The third-order valence-electron chi connectivity index (χ3n) is 3.93. The molecular weight excluding hydrogens is 212 g/mol. The van der Waals surface area contributed by atoms with E-state index >= 15 is 0 Å². The van der Waals surface area contributed by atoms with E-state index in [4.69, 9.17) is 0 Å². The summed E-state index contributed by atoms with van der Waals surface area (Å²) in [5.41, 5.74) is 0. The summed E-state index contributed by atoms with van der Waals surface area (Å²) in [6.45, 7) is 8.78. The quantitative estimate of drug-likeness (QED) is 0.857. The lowest BCUT2D eigenvalue weighted by molar-refractivity contribution is 0.0218. The molecule has 0 spiro atoms. The highest BCUT2D eigenvalue weighted by atomic mass is 16.3. The van der Waals surface area contributed by atoms with Gasteiger partial charge in [0.05, 0.1) is 12.1 Å². The van der Waals surface area contributed by atoms with Crippen molar-refractivity contribution in [1.82, 2.24) is 9.55 Å². The van der Waals surface area contributed by atoms with E-state index in [1.165, 1.54) is 6.42 Å². The standard InChI is InChI=1S/C14H24N2O/c1-9(2)14-15-5-6-16(14)13-11(4)7-10(3)8-12(13)17/h5-6,9-13,17H,7-8H2,1-4H3. The molecule has 1 fully saturated rings. The van der Waals surface area contributed by atoms with Gasteiger partial charge in [-0.3, -0.25) is 0 Å². The Labute approximate surface area is 104 Å². The summed E-state index contributed by atoms with van der Waals surface area (Å²) in [6.07, 6.45) is 5.74. The third-order valence-corrected chi connectivity index (χ3v) is 3.93. The van der Waals surface area contributed by atoms with Crippen molar-refractivity contribution >= 4 is 0 Å². The maximum Gasteiger partial charge on any atom is 0.111 e. The average Bonchev–Trinajstić information content (AvgIpc) is 2.64. The summed E-state index contributed by atoms with van der Waals surface area (Å²) in [4.78, 5) is 4.43. The van der Waals surface area contributed by atoms with E-state index < -0.39 is 0 Å². The fraction of sp³-hybridized carbons (Fsp3) is 0.786. The highest BCUT2D eigenvalue weighted by Gasteiger charge is 2.35. The fourth-order valence-electron chi connectivity index (χ4n) is 3.28. The second kappa shape index (κ2) is 4.81. The first-order chi connectivity index (χ1) is 8.00. The Morgan fingerprint density at radius 3 is 2.65 bits per heavy atom. The number of imidazole rings is 1. The van der Waals surface area contributed by atoms with Crippen LogP contribution in [0.4, 0.5) is 0 Å². The van der Waals surface area contributed by atoms with Crippen LogP contribution in [0.15, 0.2) is 12.4 Å². The molecule has 0 aromatic carbocycles. The van der Waals surface area contributed by atoms with Crippen LogP contribution in [-0.4, -0.2) is 20.8 Å². The van der Waals surface area contributed by atoms with Gasteiger partial charge < -0.3 is 9.67 Å². The molecule has 3 heteroatoms. The SMILES string of the molecule is CC1CC(C)C(n2ccnc2C(C)C)C(O)C1. The van der Waals surface area contributed by atoms with Crippen LogP contribution in [0.5, 0.6) is 0 Å². The van der Waals surface area contributed by atoms with Crippen LogP contribution in [0.2, 0.25) is 0 Å². The molecule has 3 nitrogen and oxygen atoms in total. The van der Waals surface area contributed by atoms with Gasteiger partial charge in [-0.1, -0.05) is 27.7 Å². The highest BCUT2D eigenvalue weighted by Crippen LogP contribution is 2.38. The van der Waals surface area contributed by atoms with Gasteiger partial charge in [-0.15, -0.1) is 0 Å². The minimum absolute atomic E-state index is 0.200. The first-order valence-corrected chi connectivity index (χ1v) is 6.71. The lowest BCUT2D eigenvalue weighted by Crippen LogP contribution is -2.37. The Balaban J connectivity index is 2.28. The van der Waals surface area contributed by atoms with E-state index in [1.807, 2.05) is 12.4 Å². The van der Waals surface area contributed by atoms with Gasteiger partial charge >= 0.3 is 0 Å².